The van der Waals surface area contributed by atoms with E-state index in [9.17, 15) is 26.3 Å². The largest absolute Gasteiger partial charge is 0.416 e. The third kappa shape index (κ3) is 4.92. The summed E-state index contributed by atoms with van der Waals surface area (Å²) in [5, 5.41) is 2.85. The van der Waals surface area contributed by atoms with Crippen LogP contribution in [0.25, 0.3) is 11.3 Å². The number of halogens is 6. The van der Waals surface area contributed by atoms with Crippen LogP contribution >= 0.6 is 0 Å². The molecule has 3 aromatic rings. The number of hydrogen-bond acceptors (Lipinski definition) is 5. The third-order valence-corrected chi connectivity index (χ3v) is 3.87. The molecule has 0 bridgehead atoms. The zero-order valence-electron chi connectivity index (χ0n) is 14.5. The molecule has 0 aliphatic carbocycles. The van der Waals surface area contributed by atoms with Gasteiger partial charge in [0.05, 0.1) is 23.0 Å². The van der Waals surface area contributed by atoms with Gasteiger partial charge in [-0.2, -0.15) is 26.3 Å². The van der Waals surface area contributed by atoms with Gasteiger partial charge in [-0.3, -0.25) is 4.98 Å². The maximum absolute atomic E-state index is 13.1. The van der Waals surface area contributed by atoms with Crippen LogP contribution in [-0.4, -0.2) is 15.0 Å². The van der Waals surface area contributed by atoms with E-state index in [1.807, 2.05) is 0 Å². The minimum absolute atomic E-state index is 0.0253. The molecule has 1 aromatic carbocycles. The van der Waals surface area contributed by atoms with Crippen molar-refractivity contribution in [2.24, 2.45) is 0 Å². The second-order valence-corrected chi connectivity index (χ2v) is 6.00. The van der Waals surface area contributed by atoms with Gasteiger partial charge in [0.15, 0.2) is 11.6 Å². The number of nitrogens with zero attached hydrogens (tertiary/aromatic N) is 3. The Morgan fingerprint density at radius 3 is 2.14 bits per heavy atom. The van der Waals surface area contributed by atoms with Gasteiger partial charge in [-0.25, -0.2) is 9.97 Å². The van der Waals surface area contributed by atoms with E-state index in [1.54, 1.807) is 24.5 Å². The van der Waals surface area contributed by atoms with Crippen molar-refractivity contribution in [1.29, 1.82) is 0 Å². The van der Waals surface area contributed by atoms with Crippen LogP contribution in [0.1, 0.15) is 16.7 Å². The molecule has 0 spiro atoms. The minimum Gasteiger partial charge on any atom is -0.381 e. The van der Waals surface area contributed by atoms with E-state index in [0.29, 0.717) is 12.1 Å². The maximum atomic E-state index is 13.1. The second kappa shape index (κ2) is 7.57. The van der Waals surface area contributed by atoms with Crippen molar-refractivity contribution in [2.45, 2.75) is 18.9 Å². The van der Waals surface area contributed by atoms with Gasteiger partial charge in [-0.05, 0) is 29.8 Å². The number of anilines is 2. The van der Waals surface area contributed by atoms with E-state index in [-0.39, 0.29) is 35.5 Å². The fourth-order valence-electron chi connectivity index (χ4n) is 2.46. The number of alkyl halides is 6. The van der Waals surface area contributed by atoms with Gasteiger partial charge < -0.3 is 11.1 Å². The van der Waals surface area contributed by atoms with E-state index in [4.69, 9.17) is 5.73 Å². The lowest BCUT2D eigenvalue weighted by Crippen LogP contribution is -2.11. The van der Waals surface area contributed by atoms with Gasteiger partial charge in [0.25, 0.3) is 0 Å². The Hall–Kier alpha value is -3.37. The number of nitrogens with two attached hydrogens (primary N) is 1. The number of pyridine rings is 1. The lowest BCUT2D eigenvalue weighted by Gasteiger charge is -2.15. The third-order valence-electron chi connectivity index (χ3n) is 3.87. The van der Waals surface area contributed by atoms with Crippen molar-refractivity contribution in [3.8, 4) is 11.3 Å². The molecule has 3 N–H and O–H groups in total. The predicted octanol–water partition coefficient (Wildman–Crippen LogP) is 4.77. The van der Waals surface area contributed by atoms with Crippen molar-refractivity contribution in [3.63, 3.8) is 0 Å². The number of hydrogen-bond donors (Lipinski definition) is 2. The Balaban J connectivity index is 1.99. The summed E-state index contributed by atoms with van der Waals surface area (Å²) in [5.41, 5.74) is 3.03. The van der Waals surface area contributed by atoms with Crippen LogP contribution in [0.4, 0.5) is 38.0 Å². The van der Waals surface area contributed by atoms with Crippen LogP contribution in [0.2, 0.25) is 0 Å². The summed E-state index contributed by atoms with van der Waals surface area (Å²) < 4.78 is 78.4. The molecule has 11 heteroatoms. The second-order valence-electron chi connectivity index (χ2n) is 6.00. The number of rotatable bonds is 4. The zero-order valence-corrected chi connectivity index (χ0v) is 14.5. The van der Waals surface area contributed by atoms with Gasteiger partial charge in [0.1, 0.15) is 0 Å². The number of nitrogens with one attached hydrogen (secondary N) is 1. The molecule has 152 valence electrons. The van der Waals surface area contributed by atoms with Crippen molar-refractivity contribution in [3.05, 3.63) is 65.6 Å². The maximum Gasteiger partial charge on any atom is 0.416 e. The van der Waals surface area contributed by atoms with Crippen molar-refractivity contribution in [2.75, 3.05) is 11.1 Å². The molecule has 0 fully saturated rings. The predicted molar refractivity (Wildman–Crippen MR) is 93.4 cm³/mol. The number of aromatic nitrogens is 3. The molecule has 0 radical (unpaired) electrons. The first-order chi connectivity index (χ1) is 13.5. The first-order valence-corrected chi connectivity index (χ1v) is 8.09. The monoisotopic (exact) mass is 413 g/mol. The highest BCUT2D eigenvalue weighted by Gasteiger charge is 2.37. The highest BCUT2D eigenvalue weighted by Crippen LogP contribution is 2.38. The van der Waals surface area contributed by atoms with Gasteiger partial charge in [-0.1, -0.05) is 6.07 Å². The van der Waals surface area contributed by atoms with Crippen molar-refractivity contribution >= 4 is 11.6 Å². The SMILES string of the molecule is Nc1ncc(-c2cc(C(F)(F)F)cc(C(F)(F)F)c2)nc1NCc1cccnc1. The molecule has 2 aromatic heterocycles. The summed E-state index contributed by atoms with van der Waals surface area (Å²) in [5.74, 6) is -0.0296. The van der Waals surface area contributed by atoms with Crippen LogP contribution in [0.5, 0.6) is 0 Å². The normalized spacial score (nSPS) is 12.1. The van der Waals surface area contributed by atoms with Gasteiger partial charge >= 0.3 is 12.4 Å². The highest BCUT2D eigenvalue weighted by molar-refractivity contribution is 5.67. The summed E-state index contributed by atoms with van der Waals surface area (Å²) in [4.78, 5) is 11.8. The minimum atomic E-state index is -4.96. The molecule has 3 rings (SSSR count). The molecular weight excluding hydrogens is 400 g/mol. The quantitative estimate of drug-likeness (QED) is 0.603. The first-order valence-electron chi connectivity index (χ1n) is 8.09. The van der Waals surface area contributed by atoms with Gasteiger partial charge in [0, 0.05) is 24.5 Å². The smallest absolute Gasteiger partial charge is 0.381 e. The molecule has 0 unspecified atom stereocenters. The molecule has 0 aliphatic rings. The Morgan fingerprint density at radius 2 is 1.59 bits per heavy atom. The van der Waals surface area contributed by atoms with Crippen LogP contribution in [-0.2, 0) is 18.9 Å². The fourth-order valence-corrected chi connectivity index (χ4v) is 2.46. The summed E-state index contributed by atoms with van der Waals surface area (Å²) in [7, 11) is 0. The van der Waals surface area contributed by atoms with Gasteiger partial charge in [0.2, 0.25) is 0 Å². The van der Waals surface area contributed by atoms with Crippen molar-refractivity contribution in [1.82, 2.24) is 15.0 Å². The molecule has 0 atom stereocenters. The fraction of sp³-hybridized carbons (Fsp3) is 0.167. The van der Waals surface area contributed by atoms with E-state index in [1.165, 1.54) is 0 Å². The van der Waals surface area contributed by atoms with E-state index in [0.717, 1.165) is 11.8 Å². The summed E-state index contributed by atoms with van der Waals surface area (Å²) >= 11 is 0. The average Bonchev–Trinajstić information content (AvgIpc) is 2.66. The average molecular weight is 413 g/mol. The Kier molecular flexibility index (Phi) is 5.31. The van der Waals surface area contributed by atoms with Crippen LogP contribution in [0.3, 0.4) is 0 Å². The summed E-state index contributed by atoms with van der Waals surface area (Å²) in [6.45, 7) is 0.229. The number of benzene rings is 1. The van der Waals surface area contributed by atoms with E-state index in [2.05, 4.69) is 20.3 Å². The molecular formula is C18H13F6N5. The molecule has 29 heavy (non-hydrogen) atoms. The molecule has 0 saturated carbocycles. The lowest BCUT2D eigenvalue weighted by molar-refractivity contribution is -0.143. The Bertz CT molecular complexity index is 970. The van der Waals surface area contributed by atoms with E-state index >= 15 is 0 Å². The molecule has 2 heterocycles. The van der Waals surface area contributed by atoms with Crippen LogP contribution < -0.4 is 11.1 Å². The number of nitrogen functional groups attached to an aromatic ring is 1. The summed E-state index contributed by atoms with van der Waals surface area (Å²) in [6.07, 6.45) is -5.76. The molecule has 0 saturated heterocycles. The lowest BCUT2D eigenvalue weighted by atomic mass is 10.0. The van der Waals surface area contributed by atoms with Gasteiger partial charge in [-0.15, -0.1) is 0 Å². The first kappa shape index (κ1) is 20.4. The van der Waals surface area contributed by atoms with Crippen LogP contribution in [0.15, 0.2) is 48.9 Å². The standard InChI is InChI=1S/C18H13F6N5/c19-17(20,21)12-4-11(5-13(6-12)18(22,23)24)14-9-27-15(25)16(29-14)28-8-10-2-1-3-26-7-10/h1-7,9H,8H2,(H2,25,27)(H,28,29). The van der Waals surface area contributed by atoms with Crippen LogP contribution in [0, 0.1) is 0 Å². The summed E-state index contributed by atoms with van der Waals surface area (Å²) in [6, 6.07) is 4.68. The van der Waals surface area contributed by atoms with Crippen molar-refractivity contribution < 1.29 is 26.3 Å². The Morgan fingerprint density at radius 1 is 0.931 bits per heavy atom. The van der Waals surface area contributed by atoms with E-state index < -0.39 is 23.5 Å². The molecule has 0 aliphatic heterocycles. The Labute approximate surface area is 160 Å². The molecule has 5 nitrogen and oxygen atoms in total. The molecule has 0 amide bonds. The topological polar surface area (TPSA) is 76.7 Å². The highest BCUT2D eigenvalue weighted by atomic mass is 19.4. The zero-order chi connectivity index (χ0) is 21.2.